The van der Waals surface area contributed by atoms with E-state index in [0.717, 1.165) is 0 Å². The Morgan fingerprint density at radius 3 is 2.58 bits per heavy atom. The number of carbonyl (C=O) groups is 2. The molecule has 5 N–H and O–H groups in total. The Kier molecular flexibility index (Phi) is 6.17. The van der Waals surface area contributed by atoms with Crippen LogP contribution < -0.4 is 10.5 Å². The molecule has 0 unspecified atom stereocenters. The molecule has 3 aliphatic rings. The second-order valence-corrected chi connectivity index (χ2v) is 10.0. The molecule has 0 radical (unpaired) electrons. The zero-order valence-corrected chi connectivity index (χ0v) is 20.5. The minimum absolute atomic E-state index is 0.0637. The summed E-state index contributed by atoms with van der Waals surface area (Å²) in [4.78, 5) is 27.0. The molecule has 0 aromatic heterocycles. The van der Waals surface area contributed by atoms with Crippen molar-refractivity contribution in [1.82, 2.24) is 0 Å². The number of nitrogens with two attached hydrogens (primary N) is 1. The average Bonchev–Trinajstić information content (AvgIpc) is 2.85. The van der Waals surface area contributed by atoms with Crippen molar-refractivity contribution < 1.29 is 39.1 Å². The molecule has 1 fully saturated rings. The zero-order valence-electron chi connectivity index (χ0n) is 20.5. The van der Waals surface area contributed by atoms with E-state index < -0.39 is 47.8 Å². The van der Waals surface area contributed by atoms with Gasteiger partial charge in [-0.1, -0.05) is 19.1 Å². The van der Waals surface area contributed by atoms with Gasteiger partial charge in [0, 0.05) is 42.0 Å². The quantitative estimate of drug-likeness (QED) is 0.425. The summed E-state index contributed by atoms with van der Waals surface area (Å²) in [6.07, 6.45) is -1.95. The Morgan fingerprint density at radius 1 is 1.19 bits per heavy atom. The fourth-order valence-corrected chi connectivity index (χ4v) is 5.61. The minimum Gasteiger partial charge on any atom is -0.507 e. The Labute approximate surface area is 208 Å². The molecule has 1 aliphatic heterocycles. The van der Waals surface area contributed by atoms with Crippen molar-refractivity contribution >= 4 is 11.6 Å². The first-order chi connectivity index (χ1) is 17.1. The number of hydrogen-bond donors (Lipinski definition) is 4. The largest absolute Gasteiger partial charge is 0.507 e. The molecule has 0 bridgehead atoms. The zero-order chi connectivity index (χ0) is 25.9. The van der Waals surface area contributed by atoms with Crippen molar-refractivity contribution in [3.8, 4) is 11.5 Å². The second-order valence-electron chi connectivity index (χ2n) is 10.0. The van der Waals surface area contributed by atoms with E-state index in [0.29, 0.717) is 17.5 Å². The van der Waals surface area contributed by atoms with Crippen LogP contribution in [0.1, 0.15) is 82.2 Å². The molecular formula is C27H31NO8. The van der Waals surface area contributed by atoms with E-state index in [-0.39, 0.29) is 53.0 Å². The van der Waals surface area contributed by atoms with Crippen LogP contribution in [0.3, 0.4) is 0 Å². The highest BCUT2D eigenvalue weighted by atomic mass is 16.7. The number of carbonyl (C=O) groups excluding carboxylic acids is 2. The Hall–Kier alpha value is -2.82. The lowest BCUT2D eigenvalue weighted by molar-refractivity contribution is -0.247. The highest BCUT2D eigenvalue weighted by Crippen LogP contribution is 2.48. The van der Waals surface area contributed by atoms with Gasteiger partial charge in [0.15, 0.2) is 17.9 Å². The van der Waals surface area contributed by atoms with Crippen LogP contribution in [0, 0.1) is 0 Å². The molecule has 6 atom stereocenters. The molecule has 0 amide bonds. The summed E-state index contributed by atoms with van der Waals surface area (Å²) in [7, 11) is 1.43. The van der Waals surface area contributed by atoms with Crippen LogP contribution in [0.15, 0.2) is 24.3 Å². The highest BCUT2D eigenvalue weighted by Gasteiger charge is 2.44. The van der Waals surface area contributed by atoms with Crippen molar-refractivity contribution in [3.05, 3.63) is 57.6 Å². The van der Waals surface area contributed by atoms with Crippen LogP contribution in [-0.2, 0) is 15.9 Å². The van der Waals surface area contributed by atoms with Gasteiger partial charge in [-0.15, -0.1) is 0 Å². The molecule has 9 nitrogen and oxygen atoms in total. The Balaban J connectivity index is 1.61. The van der Waals surface area contributed by atoms with E-state index in [4.69, 9.17) is 19.9 Å². The molecule has 2 aliphatic carbocycles. The first kappa shape index (κ1) is 24.9. The van der Waals surface area contributed by atoms with E-state index in [1.54, 1.807) is 25.1 Å². The highest BCUT2D eigenvalue weighted by molar-refractivity contribution is 6.30. The number of ketones is 2. The number of phenolic OH excluding ortho intramolecular Hbond substituents is 1. The summed E-state index contributed by atoms with van der Waals surface area (Å²) < 4.78 is 17.4. The number of aliphatic hydroxyl groups is 2. The summed E-state index contributed by atoms with van der Waals surface area (Å²) in [5.41, 5.74) is 6.05. The third-order valence-corrected chi connectivity index (χ3v) is 7.77. The summed E-state index contributed by atoms with van der Waals surface area (Å²) >= 11 is 0. The molecule has 192 valence electrons. The van der Waals surface area contributed by atoms with Gasteiger partial charge in [-0.25, -0.2) is 0 Å². The van der Waals surface area contributed by atoms with Crippen molar-refractivity contribution in [1.29, 1.82) is 0 Å². The van der Waals surface area contributed by atoms with Gasteiger partial charge in [-0.3, -0.25) is 9.59 Å². The van der Waals surface area contributed by atoms with E-state index in [9.17, 15) is 24.9 Å². The van der Waals surface area contributed by atoms with Crippen LogP contribution in [0.2, 0.25) is 0 Å². The van der Waals surface area contributed by atoms with Crippen LogP contribution in [0.4, 0.5) is 0 Å². The summed E-state index contributed by atoms with van der Waals surface area (Å²) in [6.45, 7) is 3.54. The normalized spacial score (nSPS) is 31.4. The fraction of sp³-hybridized carbons (Fsp3) is 0.481. The molecule has 9 heteroatoms. The van der Waals surface area contributed by atoms with Gasteiger partial charge in [-0.2, -0.15) is 0 Å². The predicted octanol–water partition coefficient (Wildman–Crippen LogP) is 2.14. The van der Waals surface area contributed by atoms with Crippen LogP contribution in [0.5, 0.6) is 11.5 Å². The smallest absolute Gasteiger partial charge is 0.198 e. The van der Waals surface area contributed by atoms with Gasteiger partial charge in [0.25, 0.3) is 0 Å². The molecule has 0 saturated carbocycles. The molecule has 36 heavy (non-hydrogen) atoms. The summed E-state index contributed by atoms with van der Waals surface area (Å²) in [5, 5.41) is 32.8. The van der Waals surface area contributed by atoms with Gasteiger partial charge in [0.2, 0.25) is 0 Å². The number of methoxy groups -OCH3 is 1. The summed E-state index contributed by atoms with van der Waals surface area (Å²) in [5.74, 6) is -0.956. The molecule has 0 spiro atoms. The third-order valence-electron chi connectivity index (χ3n) is 7.77. The number of aromatic hydroxyl groups is 1. The molecule has 1 heterocycles. The van der Waals surface area contributed by atoms with Crippen molar-refractivity contribution in [2.45, 2.75) is 75.8 Å². The standard InChI is InChI=1S/C27H31NO8/c1-4-27(33)10-16-14(19(11-27)36-20-9-17(28)23(29)12(2)35-20)8-15-22(26(16)32)24(30)13-6-5-7-18(34-3)21(13)25(15)31/h5-8,12,17,19-20,23,29,32-33H,4,9-11,28H2,1-3H3/t12-,17-,19+,20+,23+,27+/m1/s1. The van der Waals surface area contributed by atoms with E-state index in [1.807, 2.05) is 6.92 Å². The van der Waals surface area contributed by atoms with Gasteiger partial charge in [-0.05, 0) is 31.0 Å². The number of fused-ring (bicyclic) bond motifs is 3. The Morgan fingerprint density at radius 2 is 1.92 bits per heavy atom. The van der Waals surface area contributed by atoms with Gasteiger partial charge < -0.3 is 35.3 Å². The fourth-order valence-electron chi connectivity index (χ4n) is 5.61. The number of ether oxygens (including phenoxy) is 3. The summed E-state index contributed by atoms with van der Waals surface area (Å²) in [6, 6.07) is 5.80. The van der Waals surface area contributed by atoms with E-state index >= 15 is 0 Å². The van der Waals surface area contributed by atoms with Crippen molar-refractivity contribution in [3.63, 3.8) is 0 Å². The second kappa shape index (κ2) is 8.93. The molecule has 2 aromatic carbocycles. The van der Waals surface area contributed by atoms with Gasteiger partial charge >= 0.3 is 0 Å². The monoisotopic (exact) mass is 497 g/mol. The van der Waals surface area contributed by atoms with Crippen LogP contribution in [0.25, 0.3) is 0 Å². The molecular weight excluding hydrogens is 466 g/mol. The van der Waals surface area contributed by atoms with Gasteiger partial charge in [0.1, 0.15) is 11.5 Å². The maximum absolute atomic E-state index is 13.6. The van der Waals surface area contributed by atoms with Crippen molar-refractivity contribution in [2.24, 2.45) is 5.73 Å². The SMILES string of the molecule is CC[C@]1(O)Cc2c(cc3c(c2O)C(=O)c2cccc(OC)c2C3=O)[C@@H](O[C@H]2C[C@@H](N)[C@@H](O)[C@@H](C)O2)C1. The number of benzene rings is 2. The first-order valence-electron chi connectivity index (χ1n) is 12.2. The lowest BCUT2D eigenvalue weighted by Gasteiger charge is -2.42. The topological polar surface area (TPSA) is 149 Å². The average molecular weight is 498 g/mol. The number of phenols is 1. The van der Waals surface area contributed by atoms with Crippen LogP contribution in [-0.4, -0.2) is 64.1 Å². The lowest BCUT2D eigenvalue weighted by atomic mass is 9.73. The van der Waals surface area contributed by atoms with E-state index in [1.165, 1.54) is 13.2 Å². The van der Waals surface area contributed by atoms with E-state index in [2.05, 4.69) is 0 Å². The molecule has 2 aromatic rings. The molecule has 5 rings (SSSR count). The van der Waals surface area contributed by atoms with Crippen molar-refractivity contribution in [2.75, 3.05) is 7.11 Å². The number of aliphatic hydroxyl groups excluding tert-OH is 1. The predicted molar refractivity (Wildman–Crippen MR) is 128 cm³/mol. The number of rotatable bonds is 4. The molecule has 1 saturated heterocycles. The van der Waals surface area contributed by atoms with Crippen LogP contribution >= 0.6 is 0 Å². The maximum Gasteiger partial charge on any atom is 0.198 e. The third kappa shape index (κ3) is 3.82. The number of hydrogen-bond acceptors (Lipinski definition) is 9. The Bertz CT molecular complexity index is 1230. The van der Waals surface area contributed by atoms with Gasteiger partial charge in [0.05, 0.1) is 42.1 Å². The lowest BCUT2D eigenvalue weighted by Crippen LogP contribution is -2.52. The maximum atomic E-state index is 13.6. The first-order valence-corrected chi connectivity index (χ1v) is 12.2. The minimum atomic E-state index is -1.20.